The van der Waals surface area contributed by atoms with Gasteiger partial charge in [0.05, 0.1) is 37.4 Å². The third-order valence-electron chi connectivity index (χ3n) is 8.38. The average molecular weight is 623 g/mol. The molecule has 0 radical (unpaired) electrons. The van der Waals surface area contributed by atoms with E-state index in [1.807, 2.05) is 39.3 Å². The molecular formula is C32H50N2O8S. The van der Waals surface area contributed by atoms with Crippen LogP contribution in [0.2, 0.25) is 0 Å². The molecule has 43 heavy (non-hydrogen) atoms. The number of esters is 1. The van der Waals surface area contributed by atoms with Crippen molar-refractivity contribution in [3.05, 3.63) is 36.0 Å². The van der Waals surface area contributed by atoms with Crippen LogP contribution < -0.4 is 5.32 Å². The second kappa shape index (κ2) is 16.2. The highest BCUT2D eigenvalue weighted by molar-refractivity contribution is 7.98. The molecule has 0 aliphatic carbocycles. The van der Waals surface area contributed by atoms with Crippen LogP contribution in [0.15, 0.2) is 36.0 Å². The van der Waals surface area contributed by atoms with Crippen molar-refractivity contribution in [3.8, 4) is 0 Å². The van der Waals surface area contributed by atoms with Gasteiger partial charge in [0, 0.05) is 38.8 Å². The van der Waals surface area contributed by atoms with Gasteiger partial charge < -0.3 is 34.3 Å². The number of hydrogen-bond donors (Lipinski definition) is 2. The molecule has 2 amide bonds. The lowest BCUT2D eigenvalue weighted by Crippen LogP contribution is -2.51. The Labute approximate surface area is 260 Å². The summed E-state index contributed by atoms with van der Waals surface area (Å²) in [5.41, 5.74) is 0.389. The first-order chi connectivity index (χ1) is 20.3. The largest absolute Gasteiger partial charge is 0.459 e. The first-order valence-electron chi connectivity index (χ1n) is 15.2. The molecule has 11 heteroatoms. The van der Waals surface area contributed by atoms with Crippen molar-refractivity contribution in [2.45, 2.75) is 109 Å². The van der Waals surface area contributed by atoms with Crippen LogP contribution >= 0.6 is 11.8 Å². The summed E-state index contributed by atoms with van der Waals surface area (Å²) in [4.78, 5) is 37.9. The van der Waals surface area contributed by atoms with Gasteiger partial charge in [0.25, 0.3) is 0 Å². The van der Waals surface area contributed by atoms with Gasteiger partial charge in [0.1, 0.15) is 23.9 Å². The standard InChI is InChI=1S/C32H50N2O8S/c1-20(8-11-27-21(2)16-26(23(4)41-27)33-29(36)13-10-22(3)40-24(5)35)9-12-28-31(38)32(19-39-32)18-25(42-28)17-30(37)34(6)14-15-43-7/h8-10,12-13,21-23,25-28,31,38H,11,14-19H2,1-7H3,(H,33,36)/b12-9+,13-10-,20-8+/t21-,22-,23+,25+,26+,27-,28+,31+,32+/m0/s1. The maximum atomic E-state index is 12.7. The number of amides is 2. The third kappa shape index (κ3) is 10.7. The van der Waals surface area contributed by atoms with Crippen LogP contribution in [0.5, 0.6) is 0 Å². The van der Waals surface area contributed by atoms with Gasteiger partial charge in [0.2, 0.25) is 11.8 Å². The van der Waals surface area contributed by atoms with E-state index in [4.69, 9.17) is 18.9 Å². The summed E-state index contributed by atoms with van der Waals surface area (Å²) in [5, 5.41) is 13.9. The number of allylic oxidation sites excluding steroid dienone is 2. The molecule has 1 spiro atoms. The molecule has 0 aromatic carbocycles. The molecule has 3 heterocycles. The smallest absolute Gasteiger partial charge is 0.303 e. The zero-order chi connectivity index (χ0) is 31.7. The average Bonchev–Trinajstić information content (AvgIpc) is 3.72. The zero-order valence-electron chi connectivity index (χ0n) is 26.6. The van der Waals surface area contributed by atoms with E-state index in [0.29, 0.717) is 26.0 Å². The summed E-state index contributed by atoms with van der Waals surface area (Å²) in [7, 11) is 1.81. The van der Waals surface area contributed by atoms with Crippen LogP contribution in [0, 0.1) is 5.92 Å². The van der Waals surface area contributed by atoms with Crippen LogP contribution in [0.3, 0.4) is 0 Å². The van der Waals surface area contributed by atoms with E-state index < -0.39 is 29.9 Å². The van der Waals surface area contributed by atoms with Crippen LogP contribution in [-0.4, -0.2) is 108 Å². The van der Waals surface area contributed by atoms with Gasteiger partial charge in [-0.05, 0) is 51.9 Å². The Morgan fingerprint density at radius 1 is 1.21 bits per heavy atom. The number of carbonyl (C=O) groups excluding carboxylic acids is 3. The van der Waals surface area contributed by atoms with Gasteiger partial charge >= 0.3 is 5.97 Å². The Morgan fingerprint density at radius 3 is 2.58 bits per heavy atom. The zero-order valence-corrected chi connectivity index (χ0v) is 27.4. The molecule has 0 saturated carbocycles. The molecule has 3 aliphatic rings. The number of ether oxygens (including phenoxy) is 4. The minimum Gasteiger partial charge on any atom is -0.459 e. The Hall–Kier alpha value is -2.18. The molecule has 2 N–H and O–H groups in total. The number of hydrogen-bond acceptors (Lipinski definition) is 9. The van der Waals surface area contributed by atoms with Gasteiger partial charge in [-0.1, -0.05) is 30.7 Å². The summed E-state index contributed by atoms with van der Waals surface area (Å²) in [5.74, 6) is 0.504. The fourth-order valence-electron chi connectivity index (χ4n) is 5.59. The van der Waals surface area contributed by atoms with Crippen molar-refractivity contribution in [2.24, 2.45) is 5.92 Å². The quantitative estimate of drug-likeness (QED) is 0.138. The Morgan fingerprint density at radius 2 is 1.93 bits per heavy atom. The normalized spacial score (nSPS) is 33.5. The molecule has 10 nitrogen and oxygen atoms in total. The Kier molecular flexibility index (Phi) is 13.3. The van der Waals surface area contributed by atoms with E-state index in [-0.39, 0.29) is 48.5 Å². The van der Waals surface area contributed by atoms with E-state index in [1.165, 1.54) is 13.0 Å². The van der Waals surface area contributed by atoms with Crippen LogP contribution in [0.1, 0.15) is 60.3 Å². The first-order valence-corrected chi connectivity index (χ1v) is 16.6. The summed E-state index contributed by atoms with van der Waals surface area (Å²) in [6.45, 7) is 10.3. The van der Waals surface area contributed by atoms with E-state index in [9.17, 15) is 19.5 Å². The number of aliphatic hydroxyl groups excluding tert-OH is 1. The van der Waals surface area contributed by atoms with Gasteiger partial charge in [-0.15, -0.1) is 0 Å². The molecule has 3 rings (SSSR count). The van der Waals surface area contributed by atoms with Crippen molar-refractivity contribution in [3.63, 3.8) is 0 Å². The number of rotatable bonds is 13. The van der Waals surface area contributed by atoms with Crippen LogP contribution in [0.25, 0.3) is 0 Å². The molecule has 0 unspecified atom stereocenters. The number of nitrogens with zero attached hydrogens (tertiary/aromatic N) is 1. The Bertz CT molecular complexity index is 1060. The number of carbonyl (C=O) groups is 3. The van der Waals surface area contributed by atoms with Crippen molar-refractivity contribution >= 4 is 29.5 Å². The van der Waals surface area contributed by atoms with Crippen molar-refractivity contribution in [1.82, 2.24) is 10.2 Å². The second-order valence-corrected chi connectivity index (χ2v) is 13.1. The number of epoxide rings is 1. The van der Waals surface area contributed by atoms with Crippen LogP contribution in [0.4, 0.5) is 0 Å². The molecule has 3 fully saturated rings. The molecule has 0 aromatic rings. The van der Waals surface area contributed by atoms with E-state index in [2.05, 4.69) is 18.3 Å². The highest BCUT2D eigenvalue weighted by atomic mass is 32.2. The Balaban J connectivity index is 1.50. The lowest BCUT2D eigenvalue weighted by molar-refractivity contribution is -0.150. The van der Waals surface area contributed by atoms with Gasteiger partial charge in [0.15, 0.2) is 0 Å². The van der Waals surface area contributed by atoms with Gasteiger partial charge in [-0.25, -0.2) is 0 Å². The predicted molar refractivity (Wildman–Crippen MR) is 167 cm³/mol. The van der Waals surface area contributed by atoms with E-state index >= 15 is 0 Å². The lowest BCUT2D eigenvalue weighted by Gasteiger charge is -2.39. The molecule has 3 aliphatic heterocycles. The summed E-state index contributed by atoms with van der Waals surface area (Å²) in [6.07, 6.45) is 10.9. The topological polar surface area (TPSA) is 127 Å². The number of nitrogens with one attached hydrogen (secondary N) is 1. The molecule has 0 bridgehead atoms. The molecular weight excluding hydrogens is 572 g/mol. The van der Waals surface area contributed by atoms with Crippen LogP contribution in [-0.2, 0) is 33.3 Å². The molecule has 9 atom stereocenters. The number of thioether (sulfide) groups is 1. The summed E-state index contributed by atoms with van der Waals surface area (Å²) < 4.78 is 23.2. The van der Waals surface area contributed by atoms with E-state index in [1.54, 1.807) is 29.7 Å². The second-order valence-electron chi connectivity index (χ2n) is 12.2. The van der Waals surface area contributed by atoms with Gasteiger partial charge in [-0.2, -0.15) is 11.8 Å². The maximum Gasteiger partial charge on any atom is 0.303 e. The first kappa shape index (κ1) is 35.3. The van der Waals surface area contributed by atoms with Gasteiger partial charge in [-0.3, -0.25) is 14.4 Å². The fraction of sp³-hybridized carbons (Fsp3) is 0.719. The predicted octanol–water partition coefficient (Wildman–Crippen LogP) is 3.18. The van der Waals surface area contributed by atoms with Crippen molar-refractivity contribution in [2.75, 3.05) is 32.2 Å². The number of aliphatic hydroxyl groups is 1. The summed E-state index contributed by atoms with van der Waals surface area (Å²) >= 11 is 1.70. The highest BCUT2D eigenvalue weighted by Crippen LogP contribution is 2.43. The van der Waals surface area contributed by atoms with E-state index in [0.717, 1.165) is 17.7 Å². The maximum absolute atomic E-state index is 12.7. The molecule has 3 saturated heterocycles. The molecule has 242 valence electrons. The SMILES string of the molecule is CSCCN(C)C(=O)C[C@@H]1C[C@@]2(CO2)[C@H](O)[C@@H](/C=C/C(C)=C/C[C@@H]2O[C@H](C)[C@H](NC(=O)/C=C\[C@H](C)OC(C)=O)C[C@@H]2C)O1. The molecule has 0 aromatic heterocycles. The van der Waals surface area contributed by atoms with Crippen molar-refractivity contribution in [1.29, 1.82) is 0 Å². The third-order valence-corrected chi connectivity index (χ3v) is 8.97. The lowest BCUT2D eigenvalue weighted by atomic mass is 9.87. The summed E-state index contributed by atoms with van der Waals surface area (Å²) in [6, 6.07) is -0.121. The minimum atomic E-state index is -0.786. The van der Waals surface area contributed by atoms with Crippen molar-refractivity contribution < 1.29 is 38.4 Å². The monoisotopic (exact) mass is 622 g/mol. The highest BCUT2D eigenvalue weighted by Gasteiger charge is 2.58. The minimum absolute atomic E-state index is 0.00387. The fourth-order valence-corrected chi connectivity index (χ4v) is 6.05.